The van der Waals surface area contributed by atoms with Crippen LogP contribution in [0, 0.1) is 0 Å². The average molecular weight is 112 g/mol. The van der Waals surface area contributed by atoms with Crippen LogP contribution in [0.15, 0.2) is 12.4 Å². The predicted molar refractivity (Wildman–Crippen MR) is 34.1 cm³/mol. The maximum Gasteiger partial charge on any atom is 0.0888 e. The summed E-state index contributed by atoms with van der Waals surface area (Å²) in [7, 11) is 0. The quantitative estimate of drug-likeness (QED) is 0.547. The second-order valence-corrected chi connectivity index (χ2v) is 2.30. The van der Waals surface area contributed by atoms with Crippen molar-refractivity contribution in [1.82, 2.24) is 5.32 Å². The molecule has 8 heavy (non-hydrogen) atoms. The summed E-state index contributed by atoms with van der Waals surface area (Å²) in [5, 5.41) is 3.06. The van der Waals surface area contributed by atoms with Gasteiger partial charge in [-0.05, 0) is 19.3 Å². The number of nitrogens with two attached hydrogens (primary N) is 1. The lowest BCUT2D eigenvalue weighted by Gasteiger charge is -2.26. The van der Waals surface area contributed by atoms with Gasteiger partial charge in [0.15, 0.2) is 0 Å². The maximum absolute atomic E-state index is 5.30. The summed E-state index contributed by atoms with van der Waals surface area (Å²) in [6, 6.07) is 0.632. The molecule has 1 aliphatic rings. The molecule has 0 saturated heterocycles. The minimum Gasteiger partial charge on any atom is -0.386 e. The first kappa shape index (κ1) is 5.48. The van der Waals surface area contributed by atoms with Crippen LogP contribution in [0.4, 0.5) is 0 Å². The molecule has 0 aromatic heterocycles. The molecule has 0 atom stereocenters. The molecule has 3 N–H and O–H groups in total. The van der Waals surface area contributed by atoms with Gasteiger partial charge in [0.2, 0.25) is 0 Å². The van der Waals surface area contributed by atoms with Crippen LogP contribution in [0.5, 0.6) is 0 Å². The largest absolute Gasteiger partial charge is 0.386 e. The Labute approximate surface area is 49.8 Å². The SMILES string of the molecule is C=C(N)NC1CCC1. The Kier molecular flexibility index (Phi) is 1.42. The smallest absolute Gasteiger partial charge is 0.0888 e. The van der Waals surface area contributed by atoms with Crippen molar-refractivity contribution >= 4 is 0 Å². The standard InChI is InChI=1S/C6H12N2/c1-5(7)8-6-3-2-4-6/h6,8H,1-4,7H2. The van der Waals surface area contributed by atoms with E-state index in [1.54, 1.807) is 0 Å². The van der Waals surface area contributed by atoms with Crippen molar-refractivity contribution in [3.63, 3.8) is 0 Å². The third-order valence-electron chi connectivity index (χ3n) is 1.49. The van der Waals surface area contributed by atoms with Gasteiger partial charge in [0.05, 0.1) is 5.82 Å². The second-order valence-electron chi connectivity index (χ2n) is 2.30. The molecule has 0 spiro atoms. The number of rotatable bonds is 2. The summed E-state index contributed by atoms with van der Waals surface area (Å²) in [6.07, 6.45) is 3.86. The first-order valence-electron chi connectivity index (χ1n) is 3.00. The van der Waals surface area contributed by atoms with Gasteiger partial charge >= 0.3 is 0 Å². The van der Waals surface area contributed by atoms with Gasteiger partial charge in [-0.3, -0.25) is 0 Å². The van der Waals surface area contributed by atoms with Crippen LogP contribution in [-0.2, 0) is 0 Å². The van der Waals surface area contributed by atoms with Gasteiger partial charge < -0.3 is 11.1 Å². The van der Waals surface area contributed by atoms with Crippen LogP contribution in [0.2, 0.25) is 0 Å². The van der Waals surface area contributed by atoms with E-state index in [2.05, 4.69) is 11.9 Å². The summed E-state index contributed by atoms with van der Waals surface area (Å²) in [6.45, 7) is 3.54. The van der Waals surface area contributed by atoms with E-state index in [1.807, 2.05) is 0 Å². The zero-order valence-corrected chi connectivity index (χ0v) is 4.98. The van der Waals surface area contributed by atoms with E-state index in [0.29, 0.717) is 11.9 Å². The molecule has 1 rings (SSSR count). The Hall–Kier alpha value is -0.660. The van der Waals surface area contributed by atoms with Crippen molar-refractivity contribution in [2.24, 2.45) is 5.73 Å². The van der Waals surface area contributed by atoms with E-state index in [-0.39, 0.29) is 0 Å². The minimum absolute atomic E-state index is 0.606. The lowest BCUT2D eigenvalue weighted by atomic mass is 9.93. The Morgan fingerprint density at radius 1 is 1.62 bits per heavy atom. The lowest BCUT2D eigenvalue weighted by molar-refractivity contribution is 0.363. The molecule has 0 bridgehead atoms. The molecule has 0 aromatic carbocycles. The topological polar surface area (TPSA) is 38.0 Å². The molecule has 2 nitrogen and oxygen atoms in total. The predicted octanol–water partition coefficient (Wildman–Crippen LogP) is 0.558. The van der Waals surface area contributed by atoms with Gasteiger partial charge in [0, 0.05) is 6.04 Å². The van der Waals surface area contributed by atoms with Crippen molar-refractivity contribution in [1.29, 1.82) is 0 Å². The van der Waals surface area contributed by atoms with Gasteiger partial charge in [-0.15, -0.1) is 0 Å². The molecule has 1 aliphatic carbocycles. The Morgan fingerprint density at radius 3 is 2.38 bits per heavy atom. The second kappa shape index (κ2) is 2.07. The number of hydrogen-bond acceptors (Lipinski definition) is 2. The van der Waals surface area contributed by atoms with Gasteiger partial charge in [0.1, 0.15) is 0 Å². The summed E-state index contributed by atoms with van der Waals surface area (Å²) >= 11 is 0. The van der Waals surface area contributed by atoms with E-state index in [0.717, 1.165) is 0 Å². The highest BCUT2D eigenvalue weighted by molar-refractivity contribution is 4.90. The normalized spacial score (nSPS) is 19.5. The van der Waals surface area contributed by atoms with Crippen LogP contribution in [0.1, 0.15) is 19.3 Å². The molecule has 0 radical (unpaired) electrons. The Bertz CT molecular complexity index is 94.7. The summed E-state index contributed by atoms with van der Waals surface area (Å²) in [5.41, 5.74) is 5.30. The highest BCUT2D eigenvalue weighted by Gasteiger charge is 2.15. The van der Waals surface area contributed by atoms with Crippen LogP contribution in [-0.4, -0.2) is 6.04 Å². The Balaban J connectivity index is 2.09. The zero-order chi connectivity index (χ0) is 5.98. The molecule has 0 aliphatic heterocycles. The van der Waals surface area contributed by atoms with E-state index >= 15 is 0 Å². The van der Waals surface area contributed by atoms with Gasteiger partial charge in [-0.1, -0.05) is 6.58 Å². The van der Waals surface area contributed by atoms with Crippen molar-refractivity contribution in [2.75, 3.05) is 0 Å². The van der Waals surface area contributed by atoms with Crippen LogP contribution in [0.25, 0.3) is 0 Å². The molecule has 0 amide bonds. The highest BCUT2D eigenvalue weighted by Crippen LogP contribution is 2.17. The third-order valence-corrected chi connectivity index (χ3v) is 1.49. The monoisotopic (exact) mass is 112 g/mol. The third kappa shape index (κ3) is 1.15. The highest BCUT2D eigenvalue weighted by atomic mass is 15.0. The van der Waals surface area contributed by atoms with Crippen molar-refractivity contribution in [3.05, 3.63) is 12.4 Å². The summed E-state index contributed by atoms with van der Waals surface area (Å²) in [5.74, 6) is 0.606. The molecular formula is C6H12N2. The van der Waals surface area contributed by atoms with Crippen molar-refractivity contribution < 1.29 is 0 Å². The first-order chi connectivity index (χ1) is 3.79. The molecule has 2 heteroatoms. The van der Waals surface area contributed by atoms with Gasteiger partial charge in [-0.25, -0.2) is 0 Å². The van der Waals surface area contributed by atoms with Crippen LogP contribution < -0.4 is 11.1 Å². The fourth-order valence-corrected chi connectivity index (χ4v) is 0.815. The summed E-state index contributed by atoms with van der Waals surface area (Å²) < 4.78 is 0. The lowest BCUT2D eigenvalue weighted by Crippen LogP contribution is -2.36. The fourth-order valence-electron chi connectivity index (χ4n) is 0.815. The first-order valence-corrected chi connectivity index (χ1v) is 3.00. The van der Waals surface area contributed by atoms with Crippen LogP contribution >= 0.6 is 0 Å². The molecule has 1 saturated carbocycles. The molecule has 0 heterocycles. The molecular weight excluding hydrogens is 100 g/mol. The molecule has 1 fully saturated rings. The van der Waals surface area contributed by atoms with Crippen molar-refractivity contribution in [3.8, 4) is 0 Å². The van der Waals surface area contributed by atoms with Gasteiger partial charge in [0.25, 0.3) is 0 Å². The van der Waals surface area contributed by atoms with E-state index in [9.17, 15) is 0 Å². The van der Waals surface area contributed by atoms with Crippen LogP contribution in [0.3, 0.4) is 0 Å². The van der Waals surface area contributed by atoms with E-state index in [1.165, 1.54) is 19.3 Å². The van der Waals surface area contributed by atoms with E-state index < -0.39 is 0 Å². The van der Waals surface area contributed by atoms with Gasteiger partial charge in [-0.2, -0.15) is 0 Å². The average Bonchev–Trinajstić information content (AvgIpc) is 1.55. The zero-order valence-electron chi connectivity index (χ0n) is 4.98. The number of nitrogens with one attached hydrogen (secondary N) is 1. The summed E-state index contributed by atoms with van der Waals surface area (Å²) in [4.78, 5) is 0. The minimum atomic E-state index is 0.606. The fraction of sp³-hybridized carbons (Fsp3) is 0.667. The van der Waals surface area contributed by atoms with Crippen molar-refractivity contribution in [2.45, 2.75) is 25.3 Å². The molecule has 0 aromatic rings. The number of hydrogen-bond donors (Lipinski definition) is 2. The Morgan fingerprint density at radius 2 is 2.25 bits per heavy atom. The van der Waals surface area contributed by atoms with E-state index in [4.69, 9.17) is 5.73 Å². The molecule has 46 valence electrons. The molecule has 0 unspecified atom stereocenters. The maximum atomic E-state index is 5.30.